The Hall–Kier alpha value is -2.62. The molecule has 2 amide bonds. The average molecular weight is 336 g/mol. The quantitative estimate of drug-likeness (QED) is 0.911. The molecule has 0 fully saturated rings. The molecule has 0 spiro atoms. The van der Waals surface area contributed by atoms with Crippen molar-refractivity contribution in [3.05, 3.63) is 65.2 Å². The minimum Gasteiger partial charge on any atom is -0.356 e. The van der Waals surface area contributed by atoms with Crippen molar-refractivity contribution in [2.45, 2.75) is 32.6 Å². The van der Waals surface area contributed by atoms with Crippen LogP contribution in [-0.2, 0) is 16.0 Å². The third-order valence-corrected chi connectivity index (χ3v) is 4.88. The van der Waals surface area contributed by atoms with Gasteiger partial charge in [0.2, 0.25) is 11.8 Å². The molecule has 2 aromatic carbocycles. The van der Waals surface area contributed by atoms with Gasteiger partial charge in [-0.25, -0.2) is 0 Å². The Morgan fingerprint density at radius 3 is 2.60 bits per heavy atom. The van der Waals surface area contributed by atoms with E-state index >= 15 is 0 Å². The molecule has 1 unspecified atom stereocenters. The summed E-state index contributed by atoms with van der Waals surface area (Å²) in [4.78, 5) is 25.8. The molecule has 1 aliphatic rings. The van der Waals surface area contributed by atoms with Crippen molar-refractivity contribution in [2.75, 3.05) is 18.0 Å². The fourth-order valence-corrected chi connectivity index (χ4v) is 3.47. The zero-order valence-electron chi connectivity index (χ0n) is 14.8. The summed E-state index contributed by atoms with van der Waals surface area (Å²) in [5, 5.41) is 3.02. The SMILES string of the molecule is CC(=O)N1CC(CCNC(=O)Cc2ccccc2C)c2ccccc21. The number of anilines is 1. The van der Waals surface area contributed by atoms with Gasteiger partial charge in [-0.1, -0.05) is 42.5 Å². The van der Waals surface area contributed by atoms with Crippen molar-refractivity contribution in [3.8, 4) is 0 Å². The van der Waals surface area contributed by atoms with E-state index in [1.54, 1.807) is 6.92 Å². The molecule has 1 heterocycles. The summed E-state index contributed by atoms with van der Waals surface area (Å²) < 4.78 is 0. The number of nitrogens with one attached hydrogen (secondary N) is 1. The zero-order valence-corrected chi connectivity index (χ0v) is 14.8. The number of nitrogens with zero attached hydrogens (tertiary/aromatic N) is 1. The molecule has 0 aliphatic carbocycles. The molecular formula is C21H24N2O2. The molecule has 2 aromatic rings. The molecule has 0 bridgehead atoms. The normalized spacial score (nSPS) is 15.8. The summed E-state index contributed by atoms with van der Waals surface area (Å²) in [5.74, 6) is 0.390. The maximum Gasteiger partial charge on any atom is 0.224 e. The predicted octanol–water partition coefficient (Wildman–Crippen LogP) is 3.19. The van der Waals surface area contributed by atoms with Crippen molar-refractivity contribution >= 4 is 17.5 Å². The maximum atomic E-state index is 12.2. The Morgan fingerprint density at radius 2 is 1.84 bits per heavy atom. The summed E-state index contributed by atoms with van der Waals surface area (Å²) in [6.45, 7) is 4.94. The third-order valence-electron chi connectivity index (χ3n) is 4.88. The first-order valence-corrected chi connectivity index (χ1v) is 8.74. The number of fused-ring (bicyclic) bond motifs is 1. The Labute approximate surface area is 148 Å². The molecule has 0 aromatic heterocycles. The van der Waals surface area contributed by atoms with Crippen molar-refractivity contribution in [1.82, 2.24) is 5.32 Å². The van der Waals surface area contributed by atoms with Crippen LogP contribution < -0.4 is 10.2 Å². The van der Waals surface area contributed by atoms with Gasteiger partial charge in [-0.2, -0.15) is 0 Å². The number of benzene rings is 2. The van der Waals surface area contributed by atoms with Crippen LogP contribution in [0.25, 0.3) is 0 Å². The molecule has 1 N–H and O–H groups in total. The standard InChI is InChI=1S/C21H24N2O2/c1-15-7-3-4-8-17(15)13-21(25)22-12-11-18-14-23(16(2)24)20-10-6-5-9-19(18)20/h3-10,18H,11-14H2,1-2H3,(H,22,25). The number of hydrogen-bond acceptors (Lipinski definition) is 2. The highest BCUT2D eigenvalue weighted by molar-refractivity contribution is 5.94. The first-order chi connectivity index (χ1) is 12.1. The highest BCUT2D eigenvalue weighted by atomic mass is 16.2. The van der Waals surface area contributed by atoms with Gasteiger partial charge in [-0.3, -0.25) is 9.59 Å². The van der Waals surface area contributed by atoms with E-state index in [0.717, 1.165) is 23.2 Å². The number of rotatable bonds is 5. The minimum atomic E-state index is 0.0454. The van der Waals surface area contributed by atoms with Gasteiger partial charge in [-0.15, -0.1) is 0 Å². The lowest BCUT2D eigenvalue weighted by molar-refractivity contribution is -0.120. The van der Waals surface area contributed by atoms with Gasteiger partial charge in [0, 0.05) is 31.6 Å². The molecule has 1 aliphatic heterocycles. The van der Waals surface area contributed by atoms with E-state index in [2.05, 4.69) is 11.4 Å². The van der Waals surface area contributed by atoms with Gasteiger partial charge >= 0.3 is 0 Å². The second-order valence-electron chi connectivity index (χ2n) is 6.63. The summed E-state index contributed by atoms with van der Waals surface area (Å²) in [5.41, 5.74) is 4.41. The molecule has 25 heavy (non-hydrogen) atoms. The van der Waals surface area contributed by atoms with Crippen LogP contribution in [0.5, 0.6) is 0 Å². The summed E-state index contributed by atoms with van der Waals surface area (Å²) >= 11 is 0. The molecule has 1 atom stereocenters. The second kappa shape index (κ2) is 7.51. The van der Waals surface area contributed by atoms with E-state index < -0.39 is 0 Å². The van der Waals surface area contributed by atoms with E-state index in [0.29, 0.717) is 19.5 Å². The van der Waals surface area contributed by atoms with Crippen LogP contribution in [-0.4, -0.2) is 24.9 Å². The van der Waals surface area contributed by atoms with Crippen molar-refractivity contribution in [2.24, 2.45) is 0 Å². The van der Waals surface area contributed by atoms with E-state index in [1.807, 2.05) is 54.3 Å². The number of aryl methyl sites for hydroxylation is 1. The molecular weight excluding hydrogens is 312 g/mol. The van der Waals surface area contributed by atoms with Crippen molar-refractivity contribution in [1.29, 1.82) is 0 Å². The molecule has 4 nitrogen and oxygen atoms in total. The van der Waals surface area contributed by atoms with Crippen LogP contribution in [0.2, 0.25) is 0 Å². The van der Waals surface area contributed by atoms with Crippen LogP contribution in [0.1, 0.15) is 36.0 Å². The monoisotopic (exact) mass is 336 g/mol. The lowest BCUT2D eigenvalue weighted by Crippen LogP contribution is -2.30. The van der Waals surface area contributed by atoms with Crippen LogP contribution in [0.4, 0.5) is 5.69 Å². The van der Waals surface area contributed by atoms with Gasteiger partial charge in [0.15, 0.2) is 0 Å². The van der Waals surface area contributed by atoms with Gasteiger partial charge in [0.05, 0.1) is 6.42 Å². The molecule has 0 saturated carbocycles. The van der Waals surface area contributed by atoms with E-state index in [-0.39, 0.29) is 17.7 Å². The smallest absolute Gasteiger partial charge is 0.224 e. The minimum absolute atomic E-state index is 0.0454. The summed E-state index contributed by atoms with van der Waals surface area (Å²) in [6, 6.07) is 16.0. The molecule has 4 heteroatoms. The fourth-order valence-electron chi connectivity index (χ4n) is 3.47. The molecule has 0 radical (unpaired) electrons. The topological polar surface area (TPSA) is 49.4 Å². The van der Waals surface area contributed by atoms with Crippen LogP contribution >= 0.6 is 0 Å². The predicted molar refractivity (Wildman–Crippen MR) is 99.7 cm³/mol. The first-order valence-electron chi connectivity index (χ1n) is 8.74. The number of hydrogen-bond donors (Lipinski definition) is 1. The van der Waals surface area contributed by atoms with E-state index in [1.165, 1.54) is 5.56 Å². The Balaban J connectivity index is 1.55. The van der Waals surface area contributed by atoms with Crippen LogP contribution in [0, 0.1) is 6.92 Å². The molecule has 0 saturated heterocycles. The van der Waals surface area contributed by atoms with Crippen LogP contribution in [0.15, 0.2) is 48.5 Å². The lowest BCUT2D eigenvalue weighted by Gasteiger charge is -2.15. The lowest BCUT2D eigenvalue weighted by atomic mass is 9.98. The van der Waals surface area contributed by atoms with Crippen molar-refractivity contribution < 1.29 is 9.59 Å². The average Bonchev–Trinajstić information content (AvgIpc) is 2.96. The summed E-state index contributed by atoms with van der Waals surface area (Å²) in [6.07, 6.45) is 1.24. The fraction of sp³-hybridized carbons (Fsp3) is 0.333. The largest absolute Gasteiger partial charge is 0.356 e. The highest BCUT2D eigenvalue weighted by Crippen LogP contribution is 2.37. The Bertz CT molecular complexity index is 785. The molecule has 3 rings (SSSR count). The van der Waals surface area contributed by atoms with E-state index in [9.17, 15) is 9.59 Å². The van der Waals surface area contributed by atoms with Crippen LogP contribution in [0.3, 0.4) is 0 Å². The zero-order chi connectivity index (χ0) is 17.8. The van der Waals surface area contributed by atoms with Crippen molar-refractivity contribution in [3.63, 3.8) is 0 Å². The van der Waals surface area contributed by atoms with E-state index in [4.69, 9.17) is 0 Å². The number of para-hydroxylation sites is 1. The second-order valence-corrected chi connectivity index (χ2v) is 6.63. The highest BCUT2D eigenvalue weighted by Gasteiger charge is 2.30. The van der Waals surface area contributed by atoms with Gasteiger partial charge in [0.1, 0.15) is 0 Å². The number of amides is 2. The first kappa shape index (κ1) is 17.2. The third kappa shape index (κ3) is 3.90. The Morgan fingerprint density at radius 1 is 1.12 bits per heavy atom. The maximum absolute atomic E-state index is 12.2. The van der Waals surface area contributed by atoms with Gasteiger partial charge in [0.25, 0.3) is 0 Å². The van der Waals surface area contributed by atoms with Gasteiger partial charge in [-0.05, 0) is 36.1 Å². The van der Waals surface area contributed by atoms with Gasteiger partial charge < -0.3 is 10.2 Å². The number of carbonyl (C=O) groups excluding carboxylic acids is 2. The Kier molecular flexibility index (Phi) is 5.17. The molecule has 130 valence electrons. The number of carbonyl (C=O) groups is 2. The summed E-state index contributed by atoms with van der Waals surface area (Å²) in [7, 11) is 0.